The fourth-order valence-corrected chi connectivity index (χ4v) is 2.73. The molecule has 0 atom stereocenters. The molecule has 0 saturated heterocycles. The largest absolute Gasteiger partial charge is 0.398 e. The summed E-state index contributed by atoms with van der Waals surface area (Å²) in [6.07, 6.45) is 3.09. The van der Waals surface area contributed by atoms with Gasteiger partial charge in [0.15, 0.2) is 0 Å². The Morgan fingerprint density at radius 1 is 1.39 bits per heavy atom. The third kappa shape index (κ3) is 1.85. The number of pyridine rings is 1. The van der Waals surface area contributed by atoms with Crippen molar-refractivity contribution in [1.29, 1.82) is 0 Å². The van der Waals surface area contributed by atoms with Crippen molar-refractivity contribution in [2.75, 3.05) is 12.3 Å². The SMILES string of the molecule is CC1(C)C(CNC(=O)c2cnccc2N)C1(C)C. The molecule has 1 aromatic rings. The van der Waals surface area contributed by atoms with Crippen molar-refractivity contribution in [2.45, 2.75) is 27.7 Å². The third-order valence-electron chi connectivity index (χ3n) is 4.89. The van der Waals surface area contributed by atoms with E-state index >= 15 is 0 Å². The summed E-state index contributed by atoms with van der Waals surface area (Å²) in [5, 5.41) is 2.95. The molecule has 1 heterocycles. The van der Waals surface area contributed by atoms with Crippen LogP contribution in [-0.4, -0.2) is 17.4 Å². The van der Waals surface area contributed by atoms with Crippen molar-refractivity contribution in [3.05, 3.63) is 24.0 Å². The first-order valence-electron chi connectivity index (χ1n) is 6.26. The lowest BCUT2D eigenvalue weighted by molar-refractivity contribution is 0.0950. The average Bonchev–Trinajstić information content (AvgIpc) is 2.67. The second-order valence-corrected chi connectivity index (χ2v) is 6.17. The molecule has 4 nitrogen and oxygen atoms in total. The highest BCUT2D eigenvalue weighted by Gasteiger charge is 2.64. The van der Waals surface area contributed by atoms with E-state index in [1.54, 1.807) is 12.3 Å². The molecule has 3 N–H and O–H groups in total. The molecule has 1 fully saturated rings. The van der Waals surface area contributed by atoms with Gasteiger partial charge in [-0.3, -0.25) is 9.78 Å². The number of nitrogens with two attached hydrogens (primary N) is 1. The summed E-state index contributed by atoms with van der Waals surface area (Å²) < 4.78 is 0. The van der Waals surface area contributed by atoms with Crippen molar-refractivity contribution < 1.29 is 4.79 Å². The summed E-state index contributed by atoms with van der Waals surface area (Å²) in [7, 11) is 0. The molecule has 4 heteroatoms. The van der Waals surface area contributed by atoms with Gasteiger partial charge in [0.1, 0.15) is 0 Å². The van der Waals surface area contributed by atoms with Gasteiger partial charge in [-0.1, -0.05) is 27.7 Å². The van der Waals surface area contributed by atoms with Crippen molar-refractivity contribution in [3.8, 4) is 0 Å². The molecule has 1 aliphatic rings. The van der Waals surface area contributed by atoms with Crippen molar-refractivity contribution in [2.24, 2.45) is 16.7 Å². The molecule has 2 rings (SSSR count). The fraction of sp³-hybridized carbons (Fsp3) is 0.571. The van der Waals surface area contributed by atoms with Crippen molar-refractivity contribution in [1.82, 2.24) is 10.3 Å². The number of anilines is 1. The van der Waals surface area contributed by atoms with E-state index in [-0.39, 0.29) is 16.7 Å². The molecule has 98 valence electrons. The highest BCUT2D eigenvalue weighted by Crippen LogP contribution is 2.67. The number of amides is 1. The number of nitrogens with zero attached hydrogens (tertiary/aromatic N) is 1. The molecule has 18 heavy (non-hydrogen) atoms. The molecule has 1 amide bonds. The Kier molecular flexibility index (Phi) is 2.84. The van der Waals surface area contributed by atoms with Gasteiger partial charge in [-0.25, -0.2) is 0 Å². The molecular weight excluding hydrogens is 226 g/mol. The Bertz CT molecular complexity index is 466. The van der Waals surface area contributed by atoms with Crippen LogP contribution >= 0.6 is 0 Å². The monoisotopic (exact) mass is 247 g/mol. The highest BCUT2D eigenvalue weighted by molar-refractivity contribution is 5.98. The van der Waals surface area contributed by atoms with Crippen LogP contribution in [0, 0.1) is 16.7 Å². The minimum Gasteiger partial charge on any atom is -0.398 e. The second kappa shape index (κ2) is 3.97. The summed E-state index contributed by atoms with van der Waals surface area (Å²) >= 11 is 0. The predicted molar refractivity (Wildman–Crippen MR) is 72.0 cm³/mol. The lowest BCUT2D eigenvalue weighted by Crippen LogP contribution is -2.27. The Morgan fingerprint density at radius 2 is 2.00 bits per heavy atom. The van der Waals surface area contributed by atoms with E-state index in [0.29, 0.717) is 23.7 Å². The van der Waals surface area contributed by atoms with Gasteiger partial charge in [0.25, 0.3) is 5.91 Å². The van der Waals surface area contributed by atoms with Crippen LogP contribution in [0.25, 0.3) is 0 Å². The lowest BCUT2D eigenvalue weighted by Gasteiger charge is -2.07. The van der Waals surface area contributed by atoms with E-state index in [0.717, 1.165) is 0 Å². The number of carbonyl (C=O) groups excluding carboxylic acids is 1. The zero-order chi connectivity index (χ0) is 13.6. The summed E-state index contributed by atoms with van der Waals surface area (Å²) in [5.41, 5.74) is 7.23. The molecule has 1 aromatic heterocycles. The maximum Gasteiger partial charge on any atom is 0.254 e. The first-order valence-corrected chi connectivity index (χ1v) is 6.26. The predicted octanol–water partition coefficient (Wildman–Crippen LogP) is 2.08. The molecule has 0 aromatic carbocycles. The molecule has 1 saturated carbocycles. The number of nitrogens with one attached hydrogen (secondary N) is 1. The maximum absolute atomic E-state index is 12.0. The smallest absolute Gasteiger partial charge is 0.254 e. The molecule has 0 unspecified atom stereocenters. The number of hydrogen-bond donors (Lipinski definition) is 2. The Labute approximate surface area is 108 Å². The lowest BCUT2D eigenvalue weighted by atomic mass is 10.0. The van der Waals surface area contributed by atoms with Gasteiger partial charge in [-0.15, -0.1) is 0 Å². The standard InChI is InChI=1S/C14H21N3O/c1-13(2)11(14(13,3)4)8-17-12(18)9-7-16-6-5-10(9)15/h5-7,11H,8H2,1-4H3,(H2,15,16)(H,17,18). The zero-order valence-electron chi connectivity index (χ0n) is 11.4. The van der Waals surface area contributed by atoms with Crippen LogP contribution in [0.1, 0.15) is 38.1 Å². The second-order valence-electron chi connectivity index (χ2n) is 6.17. The van der Waals surface area contributed by atoms with E-state index in [4.69, 9.17) is 5.73 Å². The number of aromatic nitrogens is 1. The number of rotatable bonds is 3. The van der Waals surface area contributed by atoms with Crippen LogP contribution in [-0.2, 0) is 0 Å². The summed E-state index contributed by atoms with van der Waals surface area (Å²) in [4.78, 5) is 15.9. The van der Waals surface area contributed by atoms with Crippen LogP contribution < -0.4 is 11.1 Å². The van der Waals surface area contributed by atoms with Gasteiger partial charge in [0.05, 0.1) is 5.56 Å². The van der Waals surface area contributed by atoms with Crippen LogP contribution in [0.15, 0.2) is 18.5 Å². The van der Waals surface area contributed by atoms with Crippen molar-refractivity contribution in [3.63, 3.8) is 0 Å². The molecular formula is C14H21N3O. The van der Waals surface area contributed by atoms with Crippen molar-refractivity contribution >= 4 is 11.6 Å². The van der Waals surface area contributed by atoms with E-state index in [1.807, 2.05) is 0 Å². The molecule has 0 aliphatic heterocycles. The van der Waals surface area contributed by atoms with Gasteiger partial charge in [-0.05, 0) is 22.8 Å². The van der Waals surface area contributed by atoms with Crippen LogP contribution in [0.4, 0.5) is 5.69 Å². The molecule has 0 bridgehead atoms. The summed E-state index contributed by atoms with van der Waals surface area (Å²) in [6, 6.07) is 1.64. The van der Waals surface area contributed by atoms with Gasteiger partial charge < -0.3 is 11.1 Å². The maximum atomic E-state index is 12.0. The number of nitrogen functional groups attached to an aromatic ring is 1. The first kappa shape index (κ1) is 12.9. The third-order valence-corrected chi connectivity index (χ3v) is 4.89. The van der Waals surface area contributed by atoms with Gasteiger partial charge in [0, 0.05) is 24.6 Å². The number of carbonyl (C=O) groups is 1. The molecule has 0 spiro atoms. The Hall–Kier alpha value is -1.58. The average molecular weight is 247 g/mol. The first-order chi connectivity index (χ1) is 8.28. The fourth-order valence-electron chi connectivity index (χ4n) is 2.73. The van der Waals surface area contributed by atoms with Gasteiger partial charge >= 0.3 is 0 Å². The summed E-state index contributed by atoms with van der Waals surface area (Å²) in [5.74, 6) is 0.367. The summed E-state index contributed by atoms with van der Waals surface area (Å²) in [6.45, 7) is 9.64. The van der Waals surface area contributed by atoms with E-state index in [1.165, 1.54) is 6.20 Å². The van der Waals surface area contributed by atoms with Crippen LogP contribution in [0.2, 0.25) is 0 Å². The van der Waals surface area contributed by atoms with Crippen LogP contribution in [0.3, 0.4) is 0 Å². The minimum atomic E-state index is -0.140. The van der Waals surface area contributed by atoms with E-state index in [9.17, 15) is 4.79 Å². The topological polar surface area (TPSA) is 68.0 Å². The Morgan fingerprint density at radius 3 is 2.50 bits per heavy atom. The zero-order valence-corrected chi connectivity index (χ0v) is 11.4. The highest BCUT2D eigenvalue weighted by atomic mass is 16.1. The molecule has 0 radical (unpaired) electrons. The van der Waals surface area contributed by atoms with Gasteiger partial charge in [-0.2, -0.15) is 0 Å². The van der Waals surface area contributed by atoms with E-state index in [2.05, 4.69) is 38.0 Å². The normalized spacial score (nSPS) is 20.4. The van der Waals surface area contributed by atoms with Gasteiger partial charge in [0.2, 0.25) is 0 Å². The quantitative estimate of drug-likeness (QED) is 0.859. The van der Waals surface area contributed by atoms with Crippen LogP contribution in [0.5, 0.6) is 0 Å². The minimum absolute atomic E-state index is 0.140. The number of hydrogen-bond acceptors (Lipinski definition) is 3. The molecule has 1 aliphatic carbocycles. The Balaban J connectivity index is 1.97. The van der Waals surface area contributed by atoms with E-state index < -0.39 is 0 Å².